The van der Waals surface area contributed by atoms with Gasteiger partial charge >= 0.3 is 0 Å². The van der Waals surface area contributed by atoms with Crippen molar-refractivity contribution in [3.05, 3.63) is 59.9 Å². The average Bonchev–Trinajstić information content (AvgIpc) is 3.10. The second-order valence-electron chi connectivity index (χ2n) is 5.13. The number of aromatic nitrogens is 2. The fourth-order valence-electron chi connectivity index (χ4n) is 2.25. The van der Waals surface area contributed by atoms with Gasteiger partial charge in [-0.3, -0.25) is 9.78 Å². The van der Waals surface area contributed by atoms with E-state index in [1.54, 1.807) is 30.8 Å². The third-order valence-corrected chi connectivity index (χ3v) is 4.39. The molecule has 24 heavy (non-hydrogen) atoms. The first kappa shape index (κ1) is 16.1. The van der Waals surface area contributed by atoms with E-state index in [4.69, 9.17) is 4.74 Å². The van der Waals surface area contributed by atoms with E-state index in [1.807, 2.05) is 41.8 Å². The first-order valence-corrected chi connectivity index (χ1v) is 8.42. The van der Waals surface area contributed by atoms with E-state index in [1.165, 1.54) is 0 Å². The first-order valence-electron chi connectivity index (χ1n) is 7.54. The van der Waals surface area contributed by atoms with Crippen molar-refractivity contribution in [2.75, 3.05) is 12.4 Å². The number of hydrogen-bond acceptors (Lipinski definition) is 5. The lowest BCUT2D eigenvalue weighted by Crippen LogP contribution is -2.13. The maximum atomic E-state index is 12.1. The molecule has 0 saturated carbocycles. The fourth-order valence-corrected chi connectivity index (χ4v) is 3.09. The summed E-state index contributed by atoms with van der Waals surface area (Å²) in [7, 11) is 1.58. The lowest BCUT2D eigenvalue weighted by molar-refractivity contribution is -0.116. The van der Waals surface area contributed by atoms with Crippen molar-refractivity contribution in [1.29, 1.82) is 0 Å². The average molecular weight is 339 g/mol. The number of amides is 1. The van der Waals surface area contributed by atoms with Gasteiger partial charge in [0.1, 0.15) is 10.8 Å². The van der Waals surface area contributed by atoms with Crippen LogP contribution in [0.2, 0.25) is 0 Å². The van der Waals surface area contributed by atoms with Crippen LogP contribution in [0.3, 0.4) is 0 Å². The van der Waals surface area contributed by atoms with Crippen molar-refractivity contribution in [2.24, 2.45) is 0 Å². The molecule has 2 aromatic heterocycles. The Labute approximate surface area is 144 Å². The van der Waals surface area contributed by atoms with Gasteiger partial charge in [0.15, 0.2) is 0 Å². The molecule has 1 N–H and O–H groups in total. The lowest BCUT2D eigenvalue weighted by atomic mass is 10.2. The van der Waals surface area contributed by atoms with E-state index < -0.39 is 0 Å². The molecule has 0 fully saturated rings. The van der Waals surface area contributed by atoms with Crippen molar-refractivity contribution in [3.8, 4) is 16.3 Å². The maximum absolute atomic E-state index is 12.1. The van der Waals surface area contributed by atoms with Gasteiger partial charge in [-0.05, 0) is 30.7 Å². The van der Waals surface area contributed by atoms with E-state index >= 15 is 0 Å². The molecular weight excluding hydrogens is 322 g/mol. The van der Waals surface area contributed by atoms with Crippen LogP contribution >= 0.6 is 11.3 Å². The number of benzene rings is 1. The maximum Gasteiger partial charge on any atom is 0.224 e. The van der Waals surface area contributed by atoms with Gasteiger partial charge in [0, 0.05) is 29.8 Å². The van der Waals surface area contributed by atoms with E-state index in [2.05, 4.69) is 15.3 Å². The number of nitrogens with zero attached hydrogens (tertiary/aromatic N) is 2. The Morgan fingerprint density at radius 3 is 2.92 bits per heavy atom. The van der Waals surface area contributed by atoms with Crippen LogP contribution in [0.4, 0.5) is 5.69 Å². The van der Waals surface area contributed by atoms with Crippen molar-refractivity contribution in [2.45, 2.75) is 12.8 Å². The van der Waals surface area contributed by atoms with Crippen molar-refractivity contribution >= 4 is 22.9 Å². The molecule has 0 atom stereocenters. The molecule has 3 aromatic rings. The molecule has 3 rings (SSSR count). The minimum atomic E-state index is -0.0598. The van der Waals surface area contributed by atoms with Crippen molar-refractivity contribution in [1.82, 2.24) is 9.97 Å². The number of para-hydroxylation sites is 2. The number of hydrogen-bond donors (Lipinski definition) is 1. The van der Waals surface area contributed by atoms with E-state index in [0.29, 0.717) is 24.3 Å². The molecule has 0 bridgehead atoms. The zero-order chi connectivity index (χ0) is 16.8. The number of carbonyl (C=O) groups excluding carboxylic acids is 1. The quantitative estimate of drug-likeness (QED) is 0.742. The summed E-state index contributed by atoms with van der Waals surface area (Å²) in [5.41, 5.74) is 2.58. The summed E-state index contributed by atoms with van der Waals surface area (Å²) < 4.78 is 5.23. The van der Waals surface area contributed by atoms with Gasteiger partial charge < -0.3 is 10.1 Å². The summed E-state index contributed by atoms with van der Waals surface area (Å²) in [6, 6.07) is 11.2. The first-order chi connectivity index (χ1) is 11.8. The number of methoxy groups -OCH3 is 1. The highest BCUT2D eigenvalue weighted by molar-refractivity contribution is 7.13. The molecule has 0 spiro atoms. The number of nitrogens with one attached hydrogen (secondary N) is 1. The standard InChI is InChI=1S/C18H17N3O2S/c1-23-16-7-3-2-6-15(16)21-17(22)9-8-14-12-24-18(20-14)13-5-4-10-19-11-13/h2-7,10-12H,8-9H2,1H3,(H,21,22). The minimum Gasteiger partial charge on any atom is -0.495 e. The Balaban J connectivity index is 1.58. The van der Waals surface area contributed by atoms with Crippen LogP contribution in [-0.4, -0.2) is 23.0 Å². The van der Waals surface area contributed by atoms with Crippen LogP contribution in [0.1, 0.15) is 12.1 Å². The topological polar surface area (TPSA) is 64.1 Å². The molecule has 0 unspecified atom stereocenters. The summed E-state index contributed by atoms with van der Waals surface area (Å²) >= 11 is 1.56. The molecule has 0 radical (unpaired) electrons. The summed E-state index contributed by atoms with van der Waals surface area (Å²) in [6.45, 7) is 0. The van der Waals surface area contributed by atoms with Crippen molar-refractivity contribution < 1.29 is 9.53 Å². The molecule has 0 saturated heterocycles. The Morgan fingerprint density at radius 2 is 2.12 bits per heavy atom. The predicted molar refractivity (Wildman–Crippen MR) is 95.3 cm³/mol. The number of thiazole rings is 1. The fraction of sp³-hybridized carbons (Fsp3) is 0.167. The molecule has 1 amide bonds. The minimum absolute atomic E-state index is 0.0598. The zero-order valence-corrected chi connectivity index (χ0v) is 14.0. The SMILES string of the molecule is COc1ccccc1NC(=O)CCc1csc(-c2cccnc2)n1. The third kappa shape index (κ3) is 3.97. The molecule has 1 aromatic carbocycles. The molecule has 5 nitrogen and oxygen atoms in total. The smallest absolute Gasteiger partial charge is 0.224 e. The Bertz CT molecular complexity index is 818. The lowest BCUT2D eigenvalue weighted by Gasteiger charge is -2.09. The van der Waals surface area contributed by atoms with Gasteiger partial charge in [-0.25, -0.2) is 4.98 Å². The Kier molecular flexibility index (Phi) is 5.18. The predicted octanol–water partition coefficient (Wildman–Crippen LogP) is 3.79. The highest BCUT2D eigenvalue weighted by Gasteiger charge is 2.09. The van der Waals surface area contributed by atoms with Gasteiger partial charge in [-0.2, -0.15) is 0 Å². The molecular formula is C18H17N3O2S. The van der Waals surface area contributed by atoms with E-state index in [0.717, 1.165) is 16.3 Å². The van der Waals surface area contributed by atoms with Crippen LogP contribution in [0.15, 0.2) is 54.2 Å². The monoisotopic (exact) mass is 339 g/mol. The second kappa shape index (κ2) is 7.70. The molecule has 0 aliphatic rings. The van der Waals surface area contributed by atoms with Crippen LogP contribution in [0.5, 0.6) is 5.75 Å². The molecule has 0 aliphatic carbocycles. The second-order valence-corrected chi connectivity index (χ2v) is 5.99. The summed E-state index contributed by atoms with van der Waals surface area (Å²) in [6.07, 6.45) is 4.49. The van der Waals surface area contributed by atoms with Crippen LogP contribution in [-0.2, 0) is 11.2 Å². The number of rotatable bonds is 6. The number of aryl methyl sites for hydroxylation is 1. The highest BCUT2D eigenvalue weighted by atomic mass is 32.1. The summed E-state index contributed by atoms with van der Waals surface area (Å²) in [5.74, 6) is 0.591. The Morgan fingerprint density at radius 1 is 1.25 bits per heavy atom. The molecule has 122 valence electrons. The van der Waals surface area contributed by atoms with E-state index in [9.17, 15) is 4.79 Å². The van der Waals surface area contributed by atoms with Crippen LogP contribution < -0.4 is 10.1 Å². The van der Waals surface area contributed by atoms with Crippen molar-refractivity contribution in [3.63, 3.8) is 0 Å². The number of anilines is 1. The van der Waals surface area contributed by atoms with E-state index in [-0.39, 0.29) is 5.91 Å². The highest BCUT2D eigenvalue weighted by Crippen LogP contribution is 2.24. The van der Waals surface area contributed by atoms with Gasteiger partial charge in [0.2, 0.25) is 5.91 Å². The van der Waals surface area contributed by atoms with Gasteiger partial charge in [0.25, 0.3) is 0 Å². The van der Waals surface area contributed by atoms with Crippen LogP contribution in [0.25, 0.3) is 10.6 Å². The Hall–Kier alpha value is -2.73. The van der Waals surface area contributed by atoms with Gasteiger partial charge in [-0.1, -0.05) is 12.1 Å². The zero-order valence-electron chi connectivity index (χ0n) is 13.2. The molecule has 2 heterocycles. The van der Waals surface area contributed by atoms with Gasteiger partial charge in [-0.15, -0.1) is 11.3 Å². The number of pyridine rings is 1. The normalized spacial score (nSPS) is 10.4. The van der Waals surface area contributed by atoms with Gasteiger partial charge in [0.05, 0.1) is 18.5 Å². The molecule has 0 aliphatic heterocycles. The van der Waals surface area contributed by atoms with Crippen LogP contribution in [0, 0.1) is 0 Å². The third-order valence-electron chi connectivity index (χ3n) is 3.45. The number of carbonyl (C=O) groups is 1. The summed E-state index contributed by atoms with van der Waals surface area (Å²) in [4.78, 5) is 20.8. The largest absolute Gasteiger partial charge is 0.495 e. The molecule has 6 heteroatoms. The summed E-state index contributed by atoms with van der Waals surface area (Å²) in [5, 5.41) is 5.78. The number of ether oxygens (including phenoxy) is 1.